The lowest BCUT2D eigenvalue weighted by Crippen LogP contribution is -2.49. The number of amides is 2. The summed E-state index contributed by atoms with van der Waals surface area (Å²) in [5.41, 5.74) is 0.961. The molecule has 1 unspecified atom stereocenters. The van der Waals surface area contributed by atoms with Crippen molar-refractivity contribution in [2.75, 3.05) is 18.9 Å². The van der Waals surface area contributed by atoms with Gasteiger partial charge in [-0.1, -0.05) is 48.5 Å². The van der Waals surface area contributed by atoms with Crippen LogP contribution in [-0.4, -0.2) is 46.8 Å². The predicted molar refractivity (Wildman–Crippen MR) is 130 cm³/mol. The molecule has 0 radical (unpaired) electrons. The second kappa shape index (κ2) is 12.7. The molecule has 0 aliphatic rings. The highest BCUT2D eigenvalue weighted by Gasteiger charge is 2.25. The highest BCUT2D eigenvalue weighted by Crippen LogP contribution is 2.26. The maximum atomic E-state index is 13.2. The van der Waals surface area contributed by atoms with Crippen LogP contribution in [0.3, 0.4) is 0 Å². The van der Waals surface area contributed by atoms with Gasteiger partial charge in [-0.3, -0.25) is 9.59 Å². The number of nitrogens with one attached hydrogen (secondary N) is 1. The quantitative estimate of drug-likeness (QED) is 0.418. The third kappa shape index (κ3) is 7.97. The molecule has 0 aliphatic carbocycles. The third-order valence-corrected chi connectivity index (χ3v) is 5.90. The lowest BCUT2D eigenvalue weighted by molar-refractivity contribution is -0.136. The molecule has 0 saturated heterocycles. The van der Waals surface area contributed by atoms with Crippen molar-refractivity contribution in [3.63, 3.8) is 0 Å². The summed E-state index contributed by atoms with van der Waals surface area (Å²) in [5.74, 6) is 1.35. The second-order valence-corrected chi connectivity index (χ2v) is 8.51. The molecule has 3 rings (SSSR count). The van der Waals surface area contributed by atoms with E-state index in [4.69, 9.17) is 4.74 Å². The summed E-state index contributed by atoms with van der Waals surface area (Å²) in [6, 6.07) is 26.0. The van der Waals surface area contributed by atoms with Gasteiger partial charge in [0.1, 0.15) is 17.5 Å². The fourth-order valence-electron chi connectivity index (χ4n) is 3.24. The standard InChI is InChI=1S/C26H28N2O4S/c1-20(30)27-25(26(31)28(16-17-29)18-21-8-4-2-5-9-21)19-33-24-14-12-23(13-15-24)32-22-10-6-3-7-11-22/h2-15,25,29H,16-19H2,1H3,(H,27,30). The molecule has 0 aliphatic heterocycles. The summed E-state index contributed by atoms with van der Waals surface area (Å²) in [6.45, 7) is 1.81. The van der Waals surface area contributed by atoms with Gasteiger partial charge in [0.05, 0.1) is 6.61 Å². The average molecular weight is 465 g/mol. The normalized spacial score (nSPS) is 11.5. The molecule has 2 N–H and O–H groups in total. The van der Waals surface area contributed by atoms with Crippen LogP contribution in [-0.2, 0) is 16.1 Å². The van der Waals surface area contributed by atoms with Crippen LogP contribution in [0.25, 0.3) is 0 Å². The Bertz CT molecular complexity index is 1010. The molecule has 0 saturated carbocycles. The van der Waals surface area contributed by atoms with E-state index in [1.165, 1.54) is 18.7 Å². The average Bonchev–Trinajstić information content (AvgIpc) is 2.83. The number of aliphatic hydroxyl groups is 1. The minimum atomic E-state index is -0.706. The van der Waals surface area contributed by atoms with Crippen LogP contribution in [0.1, 0.15) is 12.5 Å². The summed E-state index contributed by atoms with van der Waals surface area (Å²) < 4.78 is 5.81. The Morgan fingerprint density at radius 3 is 2.15 bits per heavy atom. The number of nitrogens with zero attached hydrogens (tertiary/aromatic N) is 1. The van der Waals surface area contributed by atoms with E-state index in [0.29, 0.717) is 12.3 Å². The first-order valence-electron chi connectivity index (χ1n) is 10.7. The number of benzene rings is 3. The second-order valence-electron chi connectivity index (χ2n) is 7.42. The van der Waals surface area contributed by atoms with Gasteiger partial charge in [0, 0.05) is 30.7 Å². The van der Waals surface area contributed by atoms with Crippen molar-refractivity contribution in [2.24, 2.45) is 0 Å². The van der Waals surface area contributed by atoms with Gasteiger partial charge in [-0.05, 0) is 42.0 Å². The minimum absolute atomic E-state index is 0.151. The van der Waals surface area contributed by atoms with Crippen LogP contribution in [0.2, 0.25) is 0 Å². The van der Waals surface area contributed by atoms with Crippen LogP contribution in [0.4, 0.5) is 0 Å². The molecule has 3 aromatic carbocycles. The number of aliphatic hydroxyl groups excluding tert-OH is 1. The lowest BCUT2D eigenvalue weighted by atomic mass is 10.2. The fourth-order valence-corrected chi connectivity index (χ4v) is 4.15. The molecule has 0 bridgehead atoms. The van der Waals surface area contributed by atoms with Crippen molar-refractivity contribution in [3.05, 3.63) is 90.5 Å². The Hall–Kier alpha value is -3.29. The summed E-state index contributed by atoms with van der Waals surface area (Å²) >= 11 is 1.48. The molecule has 2 amide bonds. The number of para-hydroxylation sites is 1. The van der Waals surface area contributed by atoms with Crippen molar-refractivity contribution in [2.45, 2.75) is 24.4 Å². The number of hydrogen-bond donors (Lipinski definition) is 2. The SMILES string of the molecule is CC(=O)NC(CSc1ccc(Oc2ccccc2)cc1)C(=O)N(CCO)Cc1ccccc1. The van der Waals surface area contributed by atoms with E-state index in [0.717, 1.165) is 22.0 Å². The van der Waals surface area contributed by atoms with Crippen molar-refractivity contribution in [3.8, 4) is 11.5 Å². The van der Waals surface area contributed by atoms with Gasteiger partial charge in [-0.15, -0.1) is 11.8 Å². The van der Waals surface area contributed by atoms with E-state index in [-0.39, 0.29) is 25.0 Å². The Kier molecular flexibility index (Phi) is 9.35. The van der Waals surface area contributed by atoms with Crippen LogP contribution >= 0.6 is 11.8 Å². The zero-order valence-electron chi connectivity index (χ0n) is 18.5. The number of hydrogen-bond acceptors (Lipinski definition) is 5. The smallest absolute Gasteiger partial charge is 0.246 e. The summed E-state index contributed by atoms with van der Waals surface area (Å²) in [5, 5.41) is 12.2. The zero-order valence-corrected chi connectivity index (χ0v) is 19.3. The van der Waals surface area contributed by atoms with E-state index in [1.807, 2.05) is 84.9 Å². The molecule has 0 spiro atoms. The van der Waals surface area contributed by atoms with Crippen molar-refractivity contribution < 1.29 is 19.4 Å². The molecule has 0 fully saturated rings. The van der Waals surface area contributed by atoms with Gasteiger partial charge in [0.2, 0.25) is 11.8 Å². The summed E-state index contributed by atoms with van der Waals surface area (Å²) in [4.78, 5) is 27.5. The highest BCUT2D eigenvalue weighted by atomic mass is 32.2. The third-order valence-electron chi connectivity index (χ3n) is 4.79. The van der Waals surface area contributed by atoms with Crippen molar-refractivity contribution in [1.29, 1.82) is 0 Å². The van der Waals surface area contributed by atoms with Crippen LogP contribution < -0.4 is 10.1 Å². The van der Waals surface area contributed by atoms with E-state index in [2.05, 4.69) is 5.32 Å². The van der Waals surface area contributed by atoms with Crippen LogP contribution in [0.15, 0.2) is 89.8 Å². The molecular formula is C26H28N2O4S. The Morgan fingerprint density at radius 1 is 0.939 bits per heavy atom. The van der Waals surface area contributed by atoms with Gasteiger partial charge in [-0.25, -0.2) is 0 Å². The first-order valence-corrected chi connectivity index (χ1v) is 11.7. The molecule has 7 heteroatoms. The van der Waals surface area contributed by atoms with Crippen molar-refractivity contribution >= 4 is 23.6 Å². The molecule has 0 aromatic heterocycles. The van der Waals surface area contributed by atoms with Gasteiger partial charge in [-0.2, -0.15) is 0 Å². The Labute approximate surface area is 198 Å². The van der Waals surface area contributed by atoms with Crippen LogP contribution in [0, 0.1) is 0 Å². The molecular weight excluding hydrogens is 436 g/mol. The van der Waals surface area contributed by atoms with E-state index in [1.54, 1.807) is 4.90 Å². The topological polar surface area (TPSA) is 78.9 Å². The maximum Gasteiger partial charge on any atom is 0.246 e. The molecule has 1 atom stereocenters. The Morgan fingerprint density at radius 2 is 1.55 bits per heavy atom. The monoisotopic (exact) mass is 464 g/mol. The molecule has 3 aromatic rings. The molecule has 33 heavy (non-hydrogen) atoms. The van der Waals surface area contributed by atoms with Gasteiger partial charge >= 0.3 is 0 Å². The number of thioether (sulfide) groups is 1. The Balaban J connectivity index is 1.64. The number of carbonyl (C=O) groups is 2. The first kappa shape index (κ1) is 24.4. The van der Waals surface area contributed by atoms with E-state index in [9.17, 15) is 14.7 Å². The predicted octanol–water partition coefficient (Wildman–Crippen LogP) is 4.10. The number of ether oxygens (including phenoxy) is 1. The van der Waals surface area contributed by atoms with Gasteiger partial charge in [0.25, 0.3) is 0 Å². The zero-order chi connectivity index (χ0) is 23.5. The summed E-state index contributed by atoms with van der Waals surface area (Å²) in [7, 11) is 0. The van der Waals surface area contributed by atoms with E-state index >= 15 is 0 Å². The molecule has 6 nitrogen and oxygen atoms in total. The largest absolute Gasteiger partial charge is 0.457 e. The first-order chi connectivity index (χ1) is 16.0. The minimum Gasteiger partial charge on any atom is -0.457 e. The maximum absolute atomic E-state index is 13.2. The van der Waals surface area contributed by atoms with Gasteiger partial charge < -0.3 is 20.1 Å². The molecule has 172 valence electrons. The molecule has 0 heterocycles. The lowest BCUT2D eigenvalue weighted by Gasteiger charge is -2.27. The van der Waals surface area contributed by atoms with Crippen LogP contribution in [0.5, 0.6) is 11.5 Å². The van der Waals surface area contributed by atoms with E-state index < -0.39 is 6.04 Å². The highest BCUT2D eigenvalue weighted by molar-refractivity contribution is 7.99. The van der Waals surface area contributed by atoms with Gasteiger partial charge in [0.15, 0.2) is 0 Å². The number of carbonyl (C=O) groups excluding carboxylic acids is 2. The fraction of sp³-hybridized carbons (Fsp3) is 0.231. The van der Waals surface area contributed by atoms with Crippen molar-refractivity contribution in [1.82, 2.24) is 10.2 Å². The summed E-state index contributed by atoms with van der Waals surface area (Å²) in [6.07, 6.45) is 0. The number of rotatable bonds is 11.